The van der Waals surface area contributed by atoms with Crippen molar-refractivity contribution in [3.63, 3.8) is 0 Å². The van der Waals surface area contributed by atoms with Crippen LogP contribution in [0.1, 0.15) is 10.4 Å². The van der Waals surface area contributed by atoms with Crippen molar-refractivity contribution >= 4 is 37.3 Å². The second-order valence-corrected chi connectivity index (χ2v) is 6.74. The second-order valence-electron chi connectivity index (χ2n) is 3.93. The highest BCUT2D eigenvalue weighted by Crippen LogP contribution is 2.28. The molecule has 2 aromatic carbocycles. The van der Waals surface area contributed by atoms with E-state index in [1.54, 1.807) is 0 Å². The van der Waals surface area contributed by atoms with E-state index in [1.807, 2.05) is 0 Å². The summed E-state index contributed by atoms with van der Waals surface area (Å²) in [5.74, 6) is 0. The van der Waals surface area contributed by atoms with Gasteiger partial charge in [-0.1, -0.05) is 12.1 Å². The lowest BCUT2D eigenvalue weighted by atomic mass is 10.1. The fraction of sp³-hybridized carbons (Fsp3) is 0. The van der Waals surface area contributed by atoms with Gasteiger partial charge in [-0.15, -0.1) is 0 Å². The molecule has 0 unspecified atom stereocenters. The smallest absolute Gasteiger partial charge is 0.295 e. The Kier molecular flexibility index (Phi) is 3.38. The number of fused-ring (bicyclic) bond motifs is 1. The van der Waals surface area contributed by atoms with Crippen molar-refractivity contribution in [1.82, 2.24) is 0 Å². The summed E-state index contributed by atoms with van der Waals surface area (Å²) in [5, 5.41) is -0.0326. The van der Waals surface area contributed by atoms with Gasteiger partial charge < -0.3 is 0 Å². The van der Waals surface area contributed by atoms with Gasteiger partial charge in [0.25, 0.3) is 20.2 Å². The average molecular weight is 316 g/mol. The Morgan fingerprint density at radius 2 is 1.55 bits per heavy atom. The third kappa shape index (κ3) is 2.56. The summed E-state index contributed by atoms with van der Waals surface area (Å²) in [7, 11) is -9.23. The van der Waals surface area contributed by atoms with Crippen LogP contribution < -0.4 is 0 Å². The molecule has 0 heterocycles. The maximum atomic E-state index is 11.3. The fourth-order valence-corrected chi connectivity index (χ4v) is 3.07. The summed E-state index contributed by atoms with van der Waals surface area (Å²) >= 11 is 0. The van der Waals surface area contributed by atoms with E-state index in [0.29, 0.717) is 6.29 Å². The molecule has 0 amide bonds. The first-order valence-electron chi connectivity index (χ1n) is 5.11. The van der Waals surface area contributed by atoms with Crippen molar-refractivity contribution in [2.24, 2.45) is 0 Å². The number of hydrogen-bond donors (Lipinski definition) is 2. The van der Waals surface area contributed by atoms with Gasteiger partial charge in [-0.2, -0.15) is 16.8 Å². The third-order valence-corrected chi connectivity index (χ3v) is 4.41. The molecule has 9 heteroatoms. The van der Waals surface area contributed by atoms with Gasteiger partial charge in [-0.3, -0.25) is 13.9 Å². The van der Waals surface area contributed by atoms with Gasteiger partial charge in [0.1, 0.15) is 4.90 Å². The molecule has 2 rings (SSSR count). The fourth-order valence-electron chi connectivity index (χ4n) is 1.83. The van der Waals surface area contributed by atoms with E-state index in [1.165, 1.54) is 12.1 Å². The van der Waals surface area contributed by atoms with Crippen LogP contribution in [-0.2, 0) is 20.2 Å². The van der Waals surface area contributed by atoms with Crippen molar-refractivity contribution in [2.45, 2.75) is 9.79 Å². The zero-order chi connectivity index (χ0) is 15.1. The summed E-state index contributed by atoms with van der Waals surface area (Å²) in [4.78, 5) is 9.78. The predicted molar refractivity (Wildman–Crippen MR) is 69.0 cm³/mol. The van der Waals surface area contributed by atoms with Gasteiger partial charge in [0.2, 0.25) is 0 Å². The Bertz CT molecular complexity index is 911. The number of carbonyl (C=O) groups is 1. The van der Waals surface area contributed by atoms with Gasteiger partial charge in [0.15, 0.2) is 6.29 Å². The zero-order valence-corrected chi connectivity index (χ0v) is 11.3. The summed E-state index contributed by atoms with van der Waals surface area (Å²) < 4.78 is 62.9. The van der Waals surface area contributed by atoms with E-state index >= 15 is 0 Å². The molecule has 0 radical (unpaired) electrons. The molecule has 0 atom stereocenters. The van der Waals surface area contributed by atoms with Crippen LogP contribution in [0.4, 0.5) is 0 Å². The molecule has 2 N–H and O–H groups in total. The maximum Gasteiger partial charge on any atom is 0.295 e. The lowest BCUT2D eigenvalue weighted by Gasteiger charge is -2.07. The highest BCUT2D eigenvalue weighted by atomic mass is 32.2. The molecule has 0 fully saturated rings. The Morgan fingerprint density at radius 1 is 0.900 bits per heavy atom. The van der Waals surface area contributed by atoms with E-state index in [2.05, 4.69) is 0 Å². The van der Waals surface area contributed by atoms with E-state index in [9.17, 15) is 21.6 Å². The van der Waals surface area contributed by atoms with Crippen LogP contribution in [0, 0.1) is 0 Å². The second kappa shape index (κ2) is 4.63. The van der Waals surface area contributed by atoms with Crippen LogP contribution in [0.2, 0.25) is 0 Å². The minimum Gasteiger partial charge on any atom is -0.298 e. The molecule has 0 aliphatic rings. The molecule has 0 bridgehead atoms. The van der Waals surface area contributed by atoms with Gasteiger partial charge in [0, 0.05) is 10.9 Å². The monoisotopic (exact) mass is 316 g/mol. The molecule has 2 aromatic rings. The topological polar surface area (TPSA) is 126 Å². The quantitative estimate of drug-likeness (QED) is 0.642. The highest BCUT2D eigenvalue weighted by molar-refractivity contribution is 7.86. The largest absolute Gasteiger partial charge is 0.298 e. The Hall–Kier alpha value is -1.81. The standard InChI is InChI=1S/C11H8O7S2/c12-6-7-4-8(19(13,14)15)5-10-9(7)2-1-3-11(10)20(16,17)18/h1-6H,(H,13,14,15)(H,16,17,18). The average Bonchev–Trinajstić information content (AvgIpc) is 2.34. The first-order valence-corrected chi connectivity index (χ1v) is 7.99. The van der Waals surface area contributed by atoms with Crippen LogP contribution >= 0.6 is 0 Å². The predicted octanol–water partition coefficient (Wildman–Crippen LogP) is 1.15. The van der Waals surface area contributed by atoms with E-state index < -0.39 is 30.0 Å². The molecule has 7 nitrogen and oxygen atoms in total. The molecule has 106 valence electrons. The molecule has 0 aromatic heterocycles. The summed E-state index contributed by atoms with van der Waals surface area (Å²) in [5.41, 5.74) is -0.124. The number of hydrogen-bond acceptors (Lipinski definition) is 5. The molecule has 0 saturated heterocycles. The van der Waals surface area contributed by atoms with Crippen LogP contribution in [0.15, 0.2) is 40.1 Å². The molecule has 0 aliphatic carbocycles. The number of aldehydes is 1. The van der Waals surface area contributed by atoms with Gasteiger partial charge in [-0.25, -0.2) is 0 Å². The molecule has 0 saturated carbocycles. The van der Waals surface area contributed by atoms with E-state index in [4.69, 9.17) is 9.11 Å². The lowest BCUT2D eigenvalue weighted by molar-refractivity contribution is 0.112. The molecule has 20 heavy (non-hydrogen) atoms. The van der Waals surface area contributed by atoms with Crippen molar-refractivity contribution in [3.8, 4) is 0 Å². The first kappa shape index (κ1) is 14.6. The van der Waals surface area contributed by atoms with Crippen molar-refractivity contribution in [1.29, 1.82) is 0 Å². The SMILES string of the molecule is O=Cc1cc(S(=O)(=O)O)cc2c(S(=O)(=O)O)cccc12. The molecular weight excluding hydrogens is 308 g/mol. The molecule has 0 aliphatic heterocycles. The number of carbonyl (C=O) groups excluding carboxylic acids is 1. The van der Waals surface area contributed by atoms with Crippen LogP contribution in [0.25, 0.3) is 10.8 Å². The number of benzene rings is 2. The Morgan fingerprint density at radius 3 is 2.05 bits per heavy atom. The van der Waals surface area contributed by atoms with Crippen LogP contribution in [0.5, 0.6) is 0 Å². The van der Waals surface area contributed by atoms with Gasteiger partial charge in [-0.05, 0) is 23.6 Å². The molecule has 0 spiro atoms. The summed E-state index contributed by atoms with van der Waals surface area (Å²) in [6, 6.07) is 5.53. The summed E-state index contributed by atoms with van der Waals surface area (Å²) in [6.07, 6.45) is 0.324. The Labute approximate surface area is 114 Å². The van der Waals surface area contributed by atoms with Crippen molar-refractivity contribution in [2.75, 3.05) is 0 Å². The van der Waals surface area contributed by atoms with Gasteiger partial charge >= 0.3 is 0 Å². The maximum absolute atomic E-state index is 11.3. The lowest BCUT2D eigenvalue weighted by Crippen LogP contribution is -2.03. The first-order chi connectivity index (χ1) is 9.14. The van der Waals surface area contributed by atoms with Crippen molar-refractivity contribution < 1.29 is 30.7 Å². The van der Waals surface area contributed by atoms with Crippen LogP contribution in [0.3, 0.4) is 0 Å². The number of rotatable bonds is 3. The normalized spacial score (nSPS) is 12.5. The van der Waals surface area contributed by atoms with E-state index in [-0.39, 0.29) is 16.3 Å². The van der Waals surface area contributed by atoms with Crippen molar-refractivity contribution in [3.05, 3.63) is 35.9 Å². The minimum absolute atomic E-state index is 0.124. The minimum atomic E-state index is -4.62. The zero-order valence-electron chi connectivity index (χ0n) is 9.72. The summed E-state index contributed by atoms with van der Waals surface area (Å²) in [6.45, 7) is 0. The third-order valence-electron chi connectivity index (χ3n) is 2.66. The van der Waals surface area contributed by atoms with Crippen LogP contribution in [-0.4, -0.2) is 32.2 Å². The Balaban J connectivity index is 3.06. The van der Waals surface area contributed by atoms with Gasteiger partial charge in [0.05, 0.1) is 4.90 Å². The van der Waals surface area contributed by atoms with E-state index in [0.717, 1.165) is 18.2 Å². The highest BCUT2D eigenvalue weighted by Gasteiger charge is 2.19. The molecular formula is C11H8O7S2.